The van der Waals surface area contributed by atoms with Crippen molar-refractivity contribution in [2.45, 2.75) is 32.6 Å². The monoisotopic (exact) mass is 417 g/mol. The van der Waals surface area contributed by atoms with E-state index in [1.807, 2.05) is 47.7 Å². The van der Waals surface area contributed by atoms with Crippen LogP contribution in [0.2, 0.25) is 0 Å². The van der Waals surface area contributed by atoms with Gasteiger partial charge in [0.2, 0.25) is 11.7 Å². The summed E-state index contributed by atoms with van der Waals surface area (Å²) in [5.74, 6) is 0.366. The van der Waals surface area contributed by atoms with Gasteiger partial charge in [0.25, 0.3) is 5.56 Å². The Bertz CT molecular complexity index is 1350. The molecule has 0 radical (unpaired) electrons. The molecular weight excluding hydrogens is 394 g/mol. The minimum absolute atomic E-state index is 0.00185. The van der Waals surface area contributed by atoms with Gasteiger partial charge in [-0.25, -0.2) is 4.40 Å². The number of carbonyl (C=O) groups is 1. The molecule has 1 aliphatic rings. The lowest BCUT2D eigenvalue weighted by atomic mass is 9.96. The maximum absolute atomic E-state index is 13.0. The van der Waals surface area contributed by atoms with Gasteiger partial charge in [0.05, 0.1) is 17.3 Å². The van der Waals surface area contributed by atoms with E-state index >= 15 is 0 Å². The fraction of sp³-hybridized carbons (Fsp3) is 0.304. The van der Waals surface area contributed by atoms with Crippen LogP contribution in [-0.4, -0.2) is 43.7 Å². The predicted octanol–water partition coefficient (Wildman–Crippen LogP) is 2.70. The summed E-state index contributed by atoms with van der Waals surface area (Å²) in [5, 5.41) is 18.2. The largest absolute Gasteiger partial charge is 0.481 e. The summed E-state index contributed by atoms with van der Waals surface area (Å²) in [6.45, 7) is 3.87. The van der Waals surface area contributed by atoms with Gasteiger partial charge in [-0.3, -0.25) is 14.6 Å². The van der Waals surface area contributed by atoms with Crippen LogP contribution in [0.4, 0.5) is 5.95 Å². The molecule has 1 fully saturated rings. The fourth-order valence-corrected chi connectivity index (χ4v) is 4.43. The molecule has 4 aromatic rings. The number of aryl methyl sites for hydroxylation is 1. The van der Waals surface area contributed by atoms with Gasteiger partial charge >= 0.3 is 5.97 Å². The van der Waals surface area contributed by atoms with E-state index in [-0.39, 0.29) is 12.0 Å². The van der Waals surface area contributed by atoms with Gasteiger partial charge in [0.1, 0.15) is 0 Å². The van der Waals surface area contributed by atoms with Gasteiger partial charge in [-0.2, -0.15) is 0 Å². The number of H-pyrrole nitrogens is 1. The van der Waals surface area contributed by atoms with Crippen LogP contribution in [0.1, 0.15) is 35.1 Å². The highest BCUT2D eigenvalue weighted by atomic mass is 16.4. The SMILES string of the molecule is Cc1ccc2c(c1Cc1ccc(CC(=O)O)cc1)c(=O)[nH]c1nnc(N3CCCC3)n12. The van der Waals surface area contributed by atoms with Crippen LogP contribution < -0.4 is 10.5 Å². The average molecular weight is 417 g/mol. The first-order valence-corrected chi connectivity index (χ1v) is 10.5. The molecule has 0 aliphatic carbocycles. The van der Waals surface area contributed by atoms with E-state index in [1.54, 1.807) is 0 Å². The van der Waals surface area contributed by atoms with Crippen molar-refractivity contribution in [2.24, 2.45) is 0 Å². The number of nitrogens with one attached hydrogen (secondary N) is 1. The zero-order valence-electron chi connectivity index (χ0n) is 17.3. The number of aliphatic carboxylic acids is 1. The normalized spacial score (nSPS) is 14.0. The average Bonchev–Trinajstić information content (AvgIpc) is 3.40. The molecule has 8 nitrogen and oxygen atoms in total. The third kappa shape index (κ3) is 3.43. The minimum atomic E-state index is -0.851. The molecule has 0 saturated carbocycles. The Morgan fingerprint density at radius 2 is 1.77 bits per heavy atom. The lowest BCUT2D eigenvalue weighted by Gasteiger charge is -2.16. The summed E-state index contributed by atoms with van der Waals surface area (Å²) in [6.07, 6.45) is 2.82. The standard InChI is InChI=1S/C23H23N5O3/c1-14-4-9-18-20(17(14)12-15-5-7-16(8-6-15)13-19(29)30)21(31)24-22-25-26-23(28(18)22)27-10-2-3-11-27/h4-9H,2-3,10-13H2,1H3,(H,29,30)(H,24,25,31). The van der Waals surface area contributed by atoms with Crippen LogP contribution in [0.3, 0.4) is 0 Å². The molecule has 2 aromatic carbocycles. The van der Waals surface area contributed by atoms with E-state index in [9.17, 15) is 9.59 Å². The molecule has 1 aliphatic heterocycles. The van der Waals surface area contributed by atoms with Crippen LogP contribution in [0.25, 0.3) is 16.7 Å². The van der Waals surface area contributed by atoms with Crippen molar-refractivity contribution in [3.63, 3.8) is 0 Å². The summed E-state index contributed by atoms with van der Waals surface area (Å²) in [7, 11) is 0. The van der Waals surface area contributed by atoms with Gasteiger partial charge in [-0.1, -0.05) is 30.3 Å². The number of aromatic nitrogens is 4. The van der Waals surface area contributed by atoms with Crippen molar-refractivity contribution in [3.05, 3.63) is 69.0 Å². The first-order chi connectivity index (χ1) is 15.0. The van der Waals surface area contributed by atoms with Crippen molar-refractivity contribution < 1.29 is 9.90 Å². The highest BCUT2D eigenvalue weighted by Gasteiger charge is 2.21. The molecule has 8 heteroatoms. The van der Waals surface area contributed by atoms with Gasteiger partial charge in [0.15, 0.2) is 0 Å². The quantitative estimate of drug-likeness (QED) is 0.518. The van der Waals surface area contributed by atoms with Gasteiger partial charge in [-0.15, -0.1) is 10.2 Å². The van der Waals surface area contributed by atoms with Crippen LogP contribution >= 0.6 is 0 Å². The van der Waals surface area contributed by atoms with Crippen LogP contribution in [0, 0.1) is 6.92 Å². The molecular formula is C23H23N5O3. The summed E-state index contributed by atoms with van der Waals surface area (Å²) >= 11 is 0. The molecule has 1 saturated heterocycles. The number of carboxylic acids is 1. The fourth-order valence-electron chi connectivity index (χ4n) is 4.43. The first kappa shape index (κ1) is 19.3. The molecule has 0 spiro atoms. The lowest BCUT2D eigenvalue weighted by Crippen LogP contribution is -2.21. The number of nitrogens with zero attached hydrogens (tertiary/aromatic N) is 4. The Hall–Kier alpha value is -3.68. The number of rotatable bonds is 5. The number of aromatic amines is 1. The zero-order chi connectivity index (χ0) is 21.5. The maximum Gasteiger partial charge on any atom is 0.307 e. The van der Waals surface area contributed by atoms with E-state index < -0.39 is 5.97 Å². The number of fused-ring (bicyclic) bond motifs is 3. The Kier molecular flexibility index (Phi) is 4.69. The molecule has 0 bridgehead atoms. The molecule has 158 valence electrons. The summed E-state index contributed by atoms with van der Waals surface area (Å²) < 4.78 is 1.95. The third-order valence-electron chi connectivity index (χ3n) is 6.01. The number of hydrogen-bond donors (Lipinski definition) is 2. The van der Waals surface area contributed by atoms with E-state index in [4.69, 9.17) is 5.11 Å². The number of hydrogen-bond acceptors (Lipinski definition) is 5. The molecule has 0 unspecified atom stereocenters. The summed E-state index contributed by atoms with van der Waals surface area (Å²) in [6, 6.07) is 11.5. The van der Waals surface area contributed by atoms with Crippen molar-refractivity contribution >= 4 is 28.6 Å². The highest BCUT2D eigenvalue weighted by Crippen LogP contribution is 2.26. The molecule has 3 heterocycles. The van der Waals surface area contributed by atoms with Crippen LogP contribution in [0.15, 0.2) is 41.2 Å². The molecule has 2 aromatic heterocycles. The topological polar surface area (TPSA) is 104 Å². The Morgan fingerprint density at radius 1 is 1.06 bits per heavy atom. The van der Waals surface area contributed by atoms with Crippen molar-refractivity contribution in [1.82, 2.24) is 19.6 Å². The Labute approximate surface area is 178 Å². The molecule has 5 rings (SSSR count). The number of carboxylic acid groups (broad SMARTS) is 1. The zero-order valence-corrected chi connectivity index (χ0v) is 17.3. The second kappa shape index (κ2) is 7.54. The van der Waals surface area contributed by atoms with Gasteiger partial charge in [-0.05, 0) is 54.5 Å². The third-order valence-corrected chi connectivity index (χ3v) is 6.01. The van der Waals surface area contributed by atoms with Crippen molar-refractivity contribution in [3.8, 4) is 0 Å². The molecule has 0 amide bonds. The second-order valence-corrected chi connectivity index (χ2v) is 8.13. The Balaban J connectivity index is 1.63. The Morgan fingerprint density at radius 3 is 2.48 bits per heavy atom. The number of anilines is 1. The second-order valence-electron chi connectivity index (χ2n) is 8.13. The molecule has 2 N–H and O–H groups in total. The summed E-state index contributed by atoms with van der Waals surface area (Å²) in [5.41, 5.74) is 4.38. The highest BCUT2D eigenvalue weighted by molar-refractivity contribution is 5.86. The van der Waals surface area contributed by atoms with Crippen molar-refractivity contribution in [1.29, 1.82) is 0 Å². The van der Waals surface area contributed by atoms with Crippen LogP contribution in [0.5, 0.6) is 0 Å². The first-order valence-electron chi connectivity index (χ1n) is 10.5. The summed E-state index contributed by atoms with van der Waals surface area (Å²) in [4.78, 5) is 29.1. The molecule has 0 atom stereocenters. The lowest BCUT2D eigenvalue weighted by molar-refractivity contribution is -0.136. The van der Waals surface area contributed by atoms with E-state index in [0.29, 0.717) is 17.6 Å². The van der Waals surface area contributed by atoms with Gasteiger partial charge < -0.3 is 10.0 Å². The van der Waals surface area contributed by atoms with Gasteiger partial charge in [0, 0.05) is 13.1 Å². The number of benzene rings is 2. The van der Waals surface area contributed by atoms with E-state index in [1.165, 1.54) is 0 Å². The smallest absolute Gasteiger partial charge is 0.307 e. The minimum Gasteiger partial charge on any atom is -0.481 e. The van der Waals surface area contributed by atoms with E-state index in [0.717, 1.165) is 59.7 Å². The van der Waals surface area contributed by atoms with Crippen LogP contribution in [-0.2, 0) is 17.6 Å². The van der Waals surface area contributed by atoms with E-state index in [2.05, 4.69) is 20.1 Å². The van der Waals surface area contributed by atoms with Crippen molar-refractivity contribution in [2.75, 3.05) is 18.0 Å². The molecule has 31 heavy (non-hydrogen) atoms. The predicted molar refractivity (Wildman–Crippen MR) is 118 cm³/mol. The maximum atomic E-state index is 13.0.